The summed E-state index contributed by atoms with van der Waals surface area (Å²) in [5, 5.41) is 3.07. The molecule has 0 atom stereocenters. The average Bonchev–Trinajstić information content (AvgIpc) is 2.59. The summed E-state index contributed by atoms with van der Waals surface area (Å²) in [7, 11) is 4.01. The predicted molar refractivity (Wildman–Crippen MR) is 97.5 cm³/mol. The number of pyridine rings is 1. The molecule has 2 heterocycles. The van der Waals surface area contributed by atoms with Gasteiger partial charge < -0.3 is 9.32 Å². The molecule has 118 valence electrons. The Labute approximate surface area is 139 Å². The molecule has 0 fully saturated rings. The average molecular weight is 316 g/mol. The SMILES string of the molecule is CN(C)c1ccc2cc3cc(-c4ccncc4)c(=O)oc3cc2c1. The van der Waals surface area contributed by atoms with Crippen LogP contribution >= 0.6 is 0 Å². The molecule has 0 unspecified atom stereocenters. The molecule has 0 aliphatic heterocycles. The quantitative estimate of drug-likeness (QED) is 0.413. The fourth-order valence-corrected chi connectivity index (χ4v) is 2.86. The molecule has 4 nitrogen and oxygen atoms in total. The van der Waals surface area contributed by atoms with Gasteiger partial charge in [-0.15, -0.1) is 0 Å². The Morgan fingerprint density at radius 2 is 1.67 bits per heavy atom. The van der Waals surface area contributed by atoms with E-state index in [1.165, 1.54) is 0 Å². The maximum atomic E-state index is 12.3. The monoisotopic (exact) mass is 316 g/mol. The first kappa shape index (κ1) is 14.5. The van der Waals surface area contributed by atoms with Crippen LogP contribution in [-0.2, 0) is 0 Å². The Hall–Kier alpha value is -3.14. The third-order valence-electron chi connectivity index (χ3n) is 4.18. The van der Waals surface area contributed by atoms with Gasteiger partial charge in [0.05, 0.1) is 5.56 Å². The van der Waals surface area contributed by atoms with Gasteiger partial charge in [-0.05, 0) is 58.8 Å². The lowest BCUT2D eigenvalue weighted by Crippen LogP contribution is -2.08. The van der Waals surface area contributed by atoms with E-state index in [2.05, 4.69) is 29.2 Å². The highest BCUT2D eigenvalue weighted by Crippen LogP contribution is 2.27. The van der Waals surface area contributed by atoms with Crippen LogP contribution in [0.15, 0.2) is 70.1 Å². The number of nitrogens with zero attached hydrogens (tertiary/aromatic N) is 2. The van der Waals surface area contributed by atoms with Gasteiger partial charge >= 0.3 is 5.63 Å². The molecule has 4 aromatic rings. The van der Waals surface area contributed by atoms with Gasteiger partial charge in [-0.25, -0.2) is 4.79 Å². The first-order chi connectivity index (χ1) is 11.6. The molecule has 4 heteroatoms. The Bertz CT molecular complexity index is 1100. The second kappa shape index (κ2) is 5.49. The summed E-state index contributed by atoms with van der Waals surface area (Å²) in [6.45, 7) is 0. The molecule has 0 saturated carbocycles. The van der Waals surface area contributed by atoms with Gasteiger partial charge in [-0.3, -0.25) is 4.98 Å². The van der Waals surface area contributed by atoms with Crippen molar-refractivity contribution < 1.29 is 4.42 Å². The minimum Gasteiger partial charge on any atom is -0.422 e. The fourth-order valence-electron chi connectivity index (χ4n) is 2.86. The third kappa shape index (κ3) is 2.42. The van der Waals surface area contributed by atoms with E-state index < -0.39 is 0 Å². The van der Waals surface area contributed by atoms with E-state index in [0.29, 0.717) is 11.1 Å². The van der Waals surface area contributed by atoms with Crippen LogP contribution < -0.4 is 10.5 Å². The minimum atomic E-state index is -0.336. The van der Waals surface area contributed by atoms with Crippen LogP contribution in [0.3, 0.4) is 0 Å². The molecule has 0 bridgehead atoms. The number of benzene rings is 2. The summed E-state index contributed by atoms with van der Waals surface area (Å²) in [6.07, 6.45) is 3.34. The van der Waals surface area contributed by atoms with Crippen LogP contribution in [0.1, 0.15) is 0 Å². The zero-order valence-electron chi connectivity index (χ0n) is 13.5. The number of aromatic nitrogens is 1. The van der Waals surface area contributed by atoms with Crippen molar-refractivity contribution in [2.75, 3.05) is 19.0 Å². The van der Waals surface area contributed by atoms with Crippen LogP contribution in [-0.4, -0.2) is 19.1 Å². The number of rotatable bonds is 2. The van der Waals surface area contributed by atoms with Crippen molar-refractivity contribution in [3.8, 4) is 11.1 Å². The Morgan fingerprint density at radius 3 is 2.42 bits per heavy atom. The van der Waals surface area contributed by atoms with Crippen LogP contribution in [0.2, 0.25) is 0 Å². The lowest BCUT2D eigenvalue weighted by Gasteiger charge is -2.13. The van der Waals surface area contributed by atoms with Gasteiger partial charge in [0.25, 0.3) is 0 Å². The molecule has 0 N–H and O–H groups in total. The molecule has 0 aliphatic carbocycles. The standard InChI is InChI=1S/C20H16N2O2/c1-22(2)17-4-3-14-9-16-11-18(13-5-7-21-8-6-13)20(23)24-19(16)12-15(14)10-17/h3-12H,1-2H3. The van der Waals surface area contributed by atoms with Crippen LogP contribution in [0.5, 0.6) is 0 Å². The topological polar surface area (TPSA) is 46.3 Å². The zero-order chi connectivity index (χ0) is 16.7. The molecule has 2 aromatic carbocycles. The van der Waals surface area contributed by atoms with Crippen molar-refractivity contribution >= 4 is 27.4 Å². The summed E-state index contributed by atoms with van der Waals surface area (Å²) in [5.41, 5.74) is 2.73. The van der Waals surface area contributed by atoms with Crippen molar-refractivity contribution in [1.29, 1.82) is 0 Å². The van der Waals surface area contributed by atoms with Gasteiger partial charge in [-0.2, -0.15) is 0 Å². The highest BCUT2D eigenvalue weighted by molar-refractivity contribution is 5.98. The van der Waals surface area contributed by atoms with Gasteiger partial charge in [0.1, 0.15) is 5.58 Å². The largest absolute Gasteiger partial charge is 0.422 e. The van der Waals surface area contributed by atoms with E-state index >= 15 is 0 Å². The third-order valence-corrected chi connectivity index (χ3v) is 4.18. The van der Waals surface area contributed by atoms with Crippen molar-refractivity contribution in [2.24, 2.45) is 0 Å². The summed E-state index contributed by atoms with van der Waals surface area (Å²) < 4.78 is 5.57. The summed E-state index contributed by atoms with van der Waals surface area (Å²) in [4.78, 5) is 18.4. The molecule has 2 aromatic heterocycles. The molecule has 0 radical (unpaired) electrons. The van der Waals surface area contributed by atoms with E-state index in [-0.39, 0.29) is 5.63 Å². The van der Waals surface area contributed by atoms with Crippen molar-refractivity contribution in [3.63, 3.8) is 0 Å². The normalized spacial score (nSPS) is 11.1. The van der Waals surface area contributed by atoms with Crippen LogP contribution in [0.25, 0.3) is 32.9 Å². The Kier molecular flexibility index (Phi) is 3.31. The number of hydrogen-bond donors (Lipinski definition) is 0. The highest BCUT2D eigenvalue weighted by atomic mass is 16.4. The Balaban J connectivity index is 1.96. The van der Waals surface area contributed by atoms with E-state index in [9.17, 15) is 4.79 Å². The first-order valence-corrected chi connectivity index (χ1v) is 7.71. The zero-order valence-corrected chi connectivity index (χ0v) is 13.5. The second-order valence-electron chi connectivity index (χ2n) is 6.00. The van der Waals surface area contributed by atoms with E-state index in [1.54, 1.807) is 12.4 Å². The summed E-state index contributed by atoms with van der Waals surface area (Å²) >= 11 is 0. The maximum absolute atomic E-state index is 12.3. The van der Waals surface area contributed by atoms with Gasteiger partial charge in [0, 0.05) is 37.6 Å². The van der Waals surface area contributed by atoms with Crippen molar-refractivity contribution in [3.05, 3.63) is 71.3 Å². The molecule has 0 amide bonds. The van der Waals surface area contributed by atoms with E-state index in [0.717, 1.165) is 27.4 Å². The molecule has 0 spiro atoms. The van der Waals surface area contributed by atoms with E-state index in [4.69, 9.17) is 4.42 Å². The van der Waals surface area contributed by atoms with Crippen LogP contribution in [0.4, 0.5) is 5.69 Å². The molecular weight excluding hydrogens is 300 g/mol. The fraction of sp³-hybridized carbons (Fsp3) is 0.100. The van der Waals surface area contributed by atoms with Crippen molar-refractivity contribution in [2.45, 2.75) is 0 Å². The molecule has 4 rings (SSSR count). The van der Waals surface area contributed by atoms with Gasteiger partial charge in [0.2, 0.25) is 0 Å². The first-order valence-electron chi connectivity index (χ1n) is 7.71. The molecule has 0 saturated heterocycles. The minimum absolute atomic E-state index is 0.336. The van der Waals surface area contributed by atoms with Crippen LogP contribution in [0, 0.1) is 0 Å². The second-order valence-corrected chi connectivity index (χ2v) is 6.00. The Morgan fingerprint density at radius 1 is 0.875 bits per heavy atom. The number of fused-ring (bicyclic) bond motifs is 2. The summed E-state index contributed by atoms with van der Waals surface area (Å²) in [6, 6.07) is 15.7. The molecular formula is C20H16N2O2. The van der Waals surface area contributed by atoms with Gasteiger partial charge in [-0.1, -0.05) is 6.07 Å². The lowest BCUT2D eigenvalue weighted by molar-refractivity contribution is 0.564. The smallest absolute Gasteiger partial charge is 0.344 e. The summed E-state index contributed by atoms with van der Waals surface area (Å²) in [5.74, 6) is 0. The van der Waals surface area contributed by atoms with Gasteiger partial charge in [0.15, 0.2) is 0 Å². The highest BCUT2D eigenvalue weighted by Gasteiger charge is 2.09. The maximum Gasteiger partial charge on any atom is 0.344 e. The molecule has 24 heavy (non-hydrogen) atoms. The number of hydrogen-bond acceptors (Lipinski definition) is 4. The lowest BCUT2D eigenvalue weighted by atomic mass is 10.0. The van der Waals surface area contributed by atoms with E-state index in [1.807, 2.05) is 43.3 Å². The van der Waals surface area contributed by atoms with Crippen molar-refractivity contribution in [1.82, 2.24) is 4.98 Å². The predicted octanol–water partition coefficient (Wildman–Crippen LogP) is 4.07. The molecule has 0 aliphatic rings. The number of anilines is 1.